The Labute approximate surface area is 247 Å². The number of nitrogens with zero attached hydrogens (tertiary/aromatic N) is 2. The molecule has 3 N–H and O–H groups in total. The highest BCUT2D eigenvalue weighted by Gasteiger charge is 2.33. The van der Waals surface area contributed by atoms with Crippen LogP contribution >= 0.6 is 0 Å². The highest BCUT2D eigenvalue weighted by molar-refractivity contribution is 5.89. The van der Waals surface area contributed by atoms with E-state index in [0.29, 0.717) is 18.7 Å². The second-order valence-electron chi connectivity index (χ2n) is 10.6. The van der Waals surface area contributed by atoms with Crippen LogP contribution in [0.15, 0.2) is 103 Å². The Morgan fingerprint density at radius 3 is 2.50 bits per heavy atom. The first-order chi connectivity index (χ1) is 20.6. The molecule has 1 fully saturated rings. The molecule has 4 aromatic rings. The third-order valence-corrected chi connectivity index (χ3v) is 7.32. The summed E-state index contributed by atoms with van der Waals surface area (Å²) in [7, 11) is 2.10. The molecule has 0 spiro atoms. The standard InChI is InChI=1S/C34H38N4O4/c1-38(19-17-29-11-5-6-18-35-29)23-31-21-32(27-15-13-26(24-39)14-16-27)42-33(41-31)28-10-7-12-30(20-28)37-34(40)36-22-25-8-3-2-4-9-25/h2-16,18,20,31-33,39H,17,19,21-24H2,1H3,(H2,36,37,40)/t31-,32+,33+/m0/s1. The van der Waals surface area contributed by atoms with Crippen LogP contribution in [0.1, 0.15) is 46.8 Å². The topological polar surface area (TPSA) is 96.0 Å². The fourth-order valence-electron chi connectivity index (χ4n) is 5.04. The third-order valence-electron chi connectivity index (χ3n) is 7.32. The molecule has 2 heterocycles. The number of carbonyl (C=O) groups excluding carboxylic acids is 1. The van der Waals surface area contributed by atoms with E-state index in [2.05, 4.69) is 27.6 Å². The van der Waals surface area contributed by atoms with Gasteiger partial charge in [0, 0.05) is 55.6 Å². The van der Waals surface area contributed by atoms with E-state index in [1.807, 2.05) is 103 Å². The number of aliphatic hydroxyl groups is 1. The second-order valence-corrected chi connectivity index (χ2v) is 10.6. The molecule has 3 atom stereocenters. The van der Waals surface area contributed by atoms with Crippen molar-refractivity contribution in [2.24, 2.45) is 0 Å². The lowest BCUT2D eigenvalue weighted by Gasteiger charge is -2.38. The van der Waals surface area contributed by atoms with Crippen LogP contribution in [0.5, 0.6) is 0 Å². The smallest absolute Gasteiger partial charge is 0.319 e. The number of nitrogens with one attached hydrogen (secondary N) is 2. The van der Waals surface area contributed by atoms with Crippen molar-refractivity contribution in [3.8, 4) is 0 Å². The van der Waals surface area contributed by atoms with Crippen molar-refractivity contribution in [2.45, 2.75) is 44.5 Å². The number of ether oxygens (including phenoxy) is 2. The van der Waals surface area contributed by atoms with Crippen LogP contribution in [-0.4, -0.2) is 47.3 Å². The van der Waals surface area contributed by atoms with Crippen LogP contribution < -0.4 is 10.6 Å². The molecule has 3 aromatic carbocycles. The molecule has 1 aliphatic rings. The van der Waals surface area contributed by atoms with Gasteiger partial charge in [-0.2, -0.15) is 0 Å². The molecular formula is C34H38N4O4. The Morgan fingerprint density at radius 2 is 1.74 bits per heavy atom. The lowest BCUT2D eigenvalue weighted by Crippen LogP contribution is -2.38. The van der Waals surface area contributed by atoms with E-state index in [4.69, 9.17) is 9.47 Å². The maximum Gasteiger partial charge on any atom is 0.319 e. The molecular weight excluding hydrogens is 528 g/mol. The Balaban J connectivity index is 1.26. The Morgan fingerprint density at radius 1 is 0.929 bits per heavy atom. The van der Waals surface area contributed by atoms with Gasteiger partial charge in [-0.15, -0.1) is 0 Å². The number of likely N-dealkylation sites (N-methyl/N-ethyl adjacent to an activating group) is 1. The minimum atomic E-state index is -0.607. The fraction of sp³-hybridized carbons (Fsp3) is 0.294. The van der Waals surface area contributed by atoms with Crippen molar-refractivity contribution in [3.05, 3.63) is 131 Å². The zero-order chi connectivity index (χ0) is 29.1. The van der Waals surface area contributed by atoms with Crippen molar-refractivity contribution in [1.29, 1.82) is 0 Å². The summed E-state index contributed by atoms with van der Waals surface area (Å²) < 4.78 is 13.0. The second kappa shape index (κ2) is 14.7. The number of rotatable bonds is 11. The van der Waals surface area contributed by atoms with Gasteiger partial charge in [-0.25, -0.2) is 4.79 Å². The summed E-state index contributed by atoms with van der Waals surface area (Å²) in [5.41, 5.74) is 5.47. The summed E-state index contributed by atoms with van der Waals surface area (Å²) in [5.74, 6) is 0. The summed E-state index contributed by atoms with van der Waals surface area (Å²) in [6.07, 6.45) is 2.51. The van der Waals surface area contributed by atoms with Crippen LogP contribution in [0.3, 0.4) is 0 Å². The number of aliphatic hydroxyl groups excluding tert-OH is 1. The van der Waals surface area contributed by atoms with Gasteiger partial charge < -0.3 is 30.1 Å². The van der Waals surface area contributed by atoms with Gasteiger partial charge in [-0.1, -0.05) is 72.8 Å². The van der Waals surface area contributed by atoms with E-state index in [0.717, 1.165) is 47.5 Å². The summed E-state index contributed by atoms with van der Waals surface area (Å²) in [5, 5.41) is 15.3. The van der Waals surface area contributed by atoms with Crippen molar-refractivity contribution in [1.82, 2.24) is 15.2 Å². The monoisotopic (exact) mass is 566 g/mol. The number of pyridine rings is 1. The van der Waals surface area contributed by atoms with Crippen molar-refractivity contribution in [2.75, 3.05) is 25.5 Å². The zero-order valence-electron chi connectivity index (χ0n) is 23.9. The van der Waals surface area contributed by atoms with E-state index in [1.165, 1.54) is 0 Å². The van der Waals surface area contributed by atoms with Gasteiger partial charge in [0.15, 0.2) is 6.29 Å². The molecule has 42 heavy (non-hydrogen) atoms. The molecule has 0 saturated carbocycles. The molecule has 1 aliphatic heterocycles. The van der Waals surface area contributed by atoms with E-state index in [9.17, 15) is 9.90 Å². The van der Waals surface area contributed by atoms with E-state index in [-0.39, 0.29) is 24.8 Å². The normalized spacial score (nSPS) is 18.5. The summed E-state index contributed by atoms with van der Waals surface area (Å²) >= 11 is 0. The van der Waals surface area contributed by atoms with E-state index >= 15 is 0 Å². The molecule has 0 aliphatic carbocycles. The molecule has 1 aromatic heterocycles. The van der Waals surface area contributed by atoms with Gasteiger partial charge in [0.05, 0.1) is 18.8 Å². The summed E-state index contributed by atoms with van der Waals surface area (Å²) in [6.45, 7) is 2.03. The van der Waals surface area contributed by atoms with Gasteiger partial charge >= 0.3 is 6.03 Å². The van der Waals surface area contributed by atoms with Gasteiger partial charge in [-0.05, 0) is 48.0 Å². The average Bonchev–Trinajstić information content (AvgIpc) is 3.04. The van der Waals surface area contributed by atoms with Crippen molar-refractivity contribution < 1.29 is 19.4 Å². The van der Waals surface area contributed by atoms with Crippen molar-refractivity contribution >= 4 is 11.7 Å². The zero-order valence-corrected chi connectivity index (χ0v) is 23.9. The highest BCUT2D eigenvalue weighted by Crippen LogP contribution is 2.38. The quantitative estimate of drug-likeness (QED) is 0.218. The summed E-state index contributed by atoms with van der Waals surface area (Å²) in [6, 6.07) is 30.9. The minimum Gasteiger partial charge on any atom is -0.392 e. The third kappa shape index (κ3) is 8.47. The number of carbonyl (C=O) groups is 1. The van der Waals surface area contributed by atoms with Crippen LogP contribution in [0.2, 0.25) is 0 Å². The SMILES string of the molecule is CN(CCc1ccccn1)C[C@@H]1C[C@H](c2ccc(CO)cc2)O[C@H](c2cccc(NC(=O)NCc3ccccc3)c2)O1. The maximum atomic E-state index is 12.6. The van der Waals surface area contributed by atoms with Gasteiger partial charge in [-0.3, -0.25) is 4.98 Å². The molecule has 0 radical (unpaired) electrons. The predicted octanol–water partition coefficient (Wildman–Crippen LogP) is 5.62. The number of aromatic nitrogens is 1. The molecule has 5 rings (SSSR count). The van der Waals surface area contributed by atoms with Crippen molar-refractivity contribution in [3.63, 3.8) is 0 Å². The lowest BCUT2D eigenvalue weighted by molar-refractivity contribution is -0.252. The molecule has 218 valence electrons. The highest BCUT2D eigenvalue weighted by atomic mass is 16.7. The first kappa shape index (κ1) is 29.4. The first-order valence-corrected chi connectivity index (χ1v) is 14.3. The Bertz CT molecular complexity index is 1400. The molecule has 1 saturated heterocycles. The molecule has 8 nitrogen and oxygen atoms in total. The number of hydrogen-bond donors (Lipinski definition) is 3. The van der Waals surface area contributed by atoms with Crippen LogP contribution in [0, 0.1) is 0 Å². The average molecular weight is 567 g/mol. The fourth-order valence-corrected chi connectivity index (χ4v) is 5.04. The number of benzene rings is 3. The van der Waals surface area contributed by atoms with Crippen LogP contribution in [0.25, 0.3) is 0 Å². The minimum absolute atomic E-state index is 0.0000503. The largest absolute Gasteiger partial charge is 0.392 e. The molecule has 0 unspecified atom stereocenters. The first-order valence-electron chi connectivity index (χ1n) is 14.3. The van der Waals surface area contributed by atoms with Gasteiger partial charge in [0.2, 0.25) is 0 Å². The van der Waals surface area contributed by atoms with Gasteiger partial charge in [0.1, 0.15) is 0 Å². The van der Waals surface area contributed by atoms with E-state index < -0.39 is 6.29 Å². The van der Waals surface area contributed by atoms with Gasteiger partial charge in [0.25, 0.3) is 0 Å². The number of urea groups is 1. The van der Waals surface area contributed by atoms with Crippen LogP contribution in [0.4, 0.5) is 10.5 Å². The summed E-state index contributed by atoms with van der Waals surface area (Å²) in [4.78, 5) is 19.3. The Kier molecular flexibility index (Phi) is 10.3. The van der Waals surface area contributed by atoms with Crippen LogP contribution in [-0.2, 0) is 29.0 Å². The number of anilines is 1. The Hall–Kier alpha value is -4.08. The van der Waals surface area contributed by atoms with E-state index in [1.54, 1.807) is 0 Å². The molecule has 8 heteroatoms. The lowest BCUT2D eigenvalue weighted by atomic mass is 9.99. The maximum absolute atomic E-state index is 12.6. The number of hydrogen-bond acceptors (Lipinski definition) is 6. The predicted molar refractivity (Wildman–Crippen MR) is 163 cm³/mol. The number of amides is 2. The molecule has 2 amide bonds. The molecule has 0 bridgehead atoms.